The average Bonchev–Trinajstić information content (AvgIpc) is 1.56. The molecule has 14 aliphatic rings. The number of fused-ring (bicyclic) bond motifs is 22. The van der Waals surface area contributed by atoms with Gasteiger partial charge in [0.05, 0.1) is 86.1 Å². The van der Waals surface area contributed by atoms with Crippen molar-refractivity contribution in [2.45, 2.75) is 99.7 Å². The summed E-state index contributed by atoms with van der Waals surface area (Å²) in [6, 6.07) is 41.8. The van der Waals surface area contributed by atoms with Crippen molar-refractivity contribution in [3.05, 3.63) is 371 Å². The highest BCUT2D eigenvalue weighted by Gasteiger charge is 2.55. The van der Waals surface area contributed by atoms with Gasteiger partial charge in [0.2, 0.25) is 21.7 Å². The van der Waals surface area contributed by atoms with Gasteiger partial charge in [0.25, 0.3) is 34.2 Å². The van der Waals surface area contributed by atoms with E-state index in [1.807, 2.05) is 58.5 Å². The van der Waals surface area contributed by atoms with Crippen LogP contribution in [-0.4, -0.2) is 208 Å². The molecule has 8 atom stereocenters. The lowest BCUT2D eigenvalue weighted by Gasteiger charge is -2.51. The van der Waals surface area contributed by atoms with Crippen LogP contribution in [0.25, 0.3) is 43.4 Å². The number of carbonyl (C=O) groups is 4. The van der Waals surface area contributed by atoms with Gasteiger partial charge in [-0.05, 0) is 107 Å². The van der Waals surface area contributed by atoms with Gasteiger partial charge in [-0.25, -0.2) is 45.1 Å². The summed E-state index contributed by atoms with van der Waals surface area (Å²) < 4.78 is 178. The van der Waals surface area contributed by atoms with E-state index in [0.717, 1.165) is 107 Å². The van der Waals surface area contributed by atoms with Crippen LogP contribution in [0.5, 0.6) is 23.0 Å². The van der Waals surface area contributed by atoms with Crippen LogP contribution < -0.4 is 51.6 Å². The van der Waals surface area contributed by atoms with Gasteiger partial charge < -0.3 is 68.8 Å². The monoisotopic (exact) mass is 2090 g/mol. The number of nitrogens with zero attached hydrogens (tertiary/aromatic N) is 16. The van der Waals surface area contributed by atoms with Crippen molar-refractivity contribution < 1.29 is 102 Å². The van der Waals surface area contributed by atoms with Crippen LogP contribution >= 0.6 is 22.7 Å². The quantitative estimate of drug-likeness (QED) is 0.112. The molecule has 32 nitrogen and oxygen atoms in total. The van der Waals surface area contributed by atoms with Crippen molar-refractivity contribution in [3.8, 4) is 66.4 Å². The maximum absolute atomic E-state index is 15.6. The van der Waals surface area contributed by atoms with Crippen molar-refractivity contribution in [2.75, 3.05) is 109 Å². The van der Waals surface area contributed by atoms with Crippen molar-refractivity contribution >= 4 is 57.7 Å². The first-order valence-corrected chi connectivity index (χ1v) is 49.9. The van der Waals surface area contributed by atoms with Gasteiger partial charge in [-0.3, -0.25) is 77.1 Å². The predicted octanol–water partition coefficient (Wildman–Crippen LogP) is 12.9. The number of para-hydroxylation sites is 2. The lowest BCUT2D eigenvalue weighted by molar-refractivity contribution is -0.0197. The number of aromatic hydroxyl groups is 4. The molecule has 4 aliphatic carbocycles. The van der Waals surface area contributed by atoms with E-state index in [2.05, 4.69) is 19.8 Å². The van der Waals surface area contributed by atoms with Crippen LogP contribution in [-0.2, 0) is 32.0 Å². The van der Waals surface area contributed by atoms with Gasteiger partial charge >= 0.3 is 0 Å². The number of ether oxygens (including phenoxy) is 4. The number of carbonyl (C=O) groups excluding carboxylic acids is 4. The molecule has 4 saturated heterocycles. The van der Waals surface area contributed by atoms with Crippen molar-refractivity contribution in [2.24, 2.45) is 0 Å². The molecule has 44 heteroatoms. The number of amides is 4. The largest absolute Gasteiger partial charge is 0.502 e. The molecule has 0 radical (unpaired) electrons. The third-order valence-electron chi connectivity index (χ3n) is 30.0. The van der Waals surface area contributed by atoms with Gasteiger partial charge in [0.15, 0.2) is 92.3 Å². The lowest BCUT2D eigenvalue weighted by Crippen LogP contribution is -2.66. The Kier molecular flexibility index (Phi) is 23.0. The summed E-state index contributed by atoms with van der Waals surface area (Å²) in [5, 5.41) is 48.3. The molecule has 4 amide bonds. The minimum absolute atomic E-state index is 0.0257. The van der Waals surface area contributed by atoms with Crippen molar-refractivity contribution in [1.82, 2.24) is 48.3 Å². The molecule has 4 unspecified atom stereocenters. The molecule has 14 aromatic rings. The van der Waals surface area contributed by atoms with E-state index in [-0.39, 0.29) is 159 Å². The summed E-state index contributed by atoms with van der Waals surface area (Å²) in [5.41, 5.74) is 3.90. The lowest BCUT2D eigenvalue weighted by atomic mass is 9.92. The van der Waals surface area contributed by atoms with Crippen LogP contribution in [0, 0.1) is 57.1 Å². The molecule has 16 heterocycles. The van der Waals surface area contributed by atoms with E-state index >= 15 is 17.6 Å². The molecule has 150 heavy (non-hydrogen) atoms. The van der Waals surface area contributed by atoms with E-state index in [1.54, 1.807) is 80.5 Å². The summed E-state index contributed by atoms with van der Waals surface area (Å²) in [7, 11) is 0. The zero-order valence-electron chi connectivity index (χ0n) is 78.4. The first-order chi connectivity index (χ1) is 72.6. The normalized spacial score (nSPS) is 21.2. The van der Waals surface area contributed by atoms with E-state index in [0.29, 0.717) is 56.3 Å². The molecule has 764 valence electrons. The minimum Gasteiger partial charge on any atom is -0.502 e. The molecular weight excluding hydrogens is 2010 g/mol. The summed E-state index contributed by atoms with van der Waals surface area (Å²) in [4.78, 5) is 122. The molecule has 0 bridgehead atoms. The van der Waals surface area contributed by atoms with Crippen LogP contribution in [0.15, 0.2) is 214 Å². The SMILES string of the molecule is O=C1c2c(O)c(=O)ccn2N(C2c3ccccc3-c3sc(F)nc3-c3c2ccc(F)c3F)C2COCCN12.O=C1c2c(O)c(=O)ccn2N(C2c3ccccc3N(C3CC3)Cc3c2ccc(F)c3F)C2COCCN12.O=C1c2c(O)c(=O)ccn2N([C@@H]2c3ccccc3-c3sc(F)nc3-c3c2ccc(F)c3F)[C@@H]2COCCN12.O=C1c2c(O)c(=O)ccn2N([C@@H]2c3ccccc3N(C3CC3)Cc3c2ccc(F)c3F)[C@@H]2COCCN12. The summed E-state index contributed by atoms with van der Waals surface area (Å²) in [6.07, 6.45) is 6.80. The topological polar surface area (TPSA) is 332 Å². The number of morpholine rings is 4. The summed E-state index contributed by atoms with van der Waals surface area (Å²) >= 11 is 1.45. The van der Waals surface area contributed by atoms with E-state index < -0.39 is 174 Å². The Bertz CT molecular complexity index is 7880. The third-order valence-corrected chi connectivity index (χ3v) is 31.8. The highest BCUT2D eigenvalue weighted by Crippen LogP contribution is 2.56. The number of pyridine rings is 4. The van der Waals surface area contributed by atoms with Gasteiger partial charge in [-0.2, -0.15) is 8.78 Å². The van der Waals surface area contributed by atoms with Gasteiger partial charge in [0, 0.05) is 145 Å². The second-order valence-corrected chi connectivity index (χ2v) is 39.9. The van der Waals surface area contributed by atoms with Crippen LogP contribution in [0.4, 0.5) is 55.3 Å². The number of rotatable bonds is 6. The highest BCUT2D eigenvalue weighted by molar-refractivity contribution is 7.14. The van der Waals surface area contributed by atoms with Crippen LogP contribution in [0.1, 0.15) is 147 Å². The highest BCUT2D eigenvalue weighted by atomic mass is 32.1. The zero-order chi connectivity index (χ0) is 103. The Labute approximate surface area is 849 Å². The fraction of sp³-hybridized carbons (Fsp3) is 0.264. The molecule has 28 rings (SSSR count). The molecule has 6 fully saturated rings. The van der Waals surface area contributed by atoms with Crippen molar-refractivity contribution in [3.63, 3.8) is 0 Å². The molecule has 4 N–H and O–H groups in total. The number of aromatic nitrogens is 6. The van der Waals surface area contributed by atoms with Crippen molar-refractivity contribution in [1.29, 1.82) is 0 Å². The Balaban J connectivity index is 0.000000104. The van der Waals surface area contributed by atoms with Gasteiger partial charge in [0.1, 0.15) is 36.7 Å². The smallest absolute Gasteiger partial charge is 0.278 e. The number of anilines is 2. The third kappa shape index (κ3) is 14.9. The Morgan fingerprint density at radius 2 is 0.573 bits per heavy atom. The fourth-order valence-electron chi connectivity index (χ4n) is 23.1. The van der Waals surface area contributed by atoms with Crippen LogP contribution in [0.2, 0.25) is 0 Å². The van der Waals surface area contributed by atoms with Gasteiger partial charge in [-0.1, -0.05) is 132 Å². The maximum Gasteiger partial charge on any atom is 0.278 e. The Morgan fingerprint density at radius 1 is 0.300 bits per heavy atom. The first kappa shape index (κ1) is 94.8. The predicted molar refractivity (Wildman–Crippen MR) is 522 cm³/mol. The van der Waals surface area contributed by atoms with Crippen LogP contribution in [0.3, 0.4) is 0 Å². The molecule has 8 aromatic carbocycles. The summed E-state index contributed by atoms with van der Waals surface area (Å²) in [6.45, 7) is 2.88. The Morgan fingerprint density at radius 3 is 0.880 bits per heavy atom. The van der Waals surface area contributed by atoms with E-state index in [4.69, 9.17) is 18.9 Å². The molecule has 0 spiro atoms. The second kappa shape index (κ2) is 36.4. The minimum atomic E-state index is -1.18. The number of hydrogen-bond acceptors (Lipinski definition) is 26. The molecule has 6 aromatic heterocycles. The molecular formula is C106H82F10N16O16S2. The molecule has 2 saturated carbocycles. The zero-order valence-corrected chi connectivity index (χ0v) is 80.0. The van der Waals surface area contributed by atoms with Gasteiger partial charge in [-0.15, -0.1) is 0 Å². The Hall–Kier alpha value is -16.2. The van der Waals surface area contributed by atoms with E-state index in [1.165, 1.54) is 77.6 Å². The maximum atomic E-state index is 15.6. The standard InChI is InChI=1S/2C27H24F2N4O4.2C26H17F3N4O4S/c2*28-19-8-7-16-18(23(19)29)13-31(15-5-6-15)20-4-2-1-3-17(20)24(16)33-22-14-37-12-11-30(22)27(36)25-26(35)21(34)9-10-32(25)33;2*27-15-6-5-14-18(19(15)28)20-24(38-26(29)30-20)13-4-2-1-3-12(13)21(14)33-17-11-37-10-9-31(17)25(36)22-23(35)16(34)7-8-32(22)33/h2*1-4,7-10,15,22,24,35H,5-6,11-14H2;2*1-8,17,21,35H,9-11H2/t22-,24+;;17-,21-;/m1.1./s1. The fourth-order valence-corrected chi connectivity index (χ4v) is 24.8. The second-order valence-electron chi connectivity index (χ2n) is 38.0. The summed E-state index contributed by atoms with van der Waals surface area (Å²) in [5.74, 6) is -13.0. The number of thiazole rings is 2. The molecule has 10 aliphatic heterocycles. The first-order valence-electron chi connectivity index (χ1n) is 48.2. The number of benzene rings is 8. The number of hydrogen-bond donors (Lipinski definition) is 4. The average molecular weight is 2090 g/mol. The van der Waals surface area contributed by atoms with E-state index in [9.17, 15) is 85.1 Å². The number of halogens is 10.